The van der Waals surface area contributed by atoms with Gasteiger partial charge in [0.05, 0.1) is 6.61 Å². The number of nitrogens with zero attached hydrogens (tertiary/aromatic N) is 1. The van der Waals surface area contributed by atoms with Gasteiger partial charge >= 0.3 is 5.97 Å². The first-order valence-corrected chi connectivity index (χ1v) is 7.34. The molecule has 1 aromatic rings. The molecule has 0 aromatic heterocycles. The van der Waals surface area contributed by atoms with Crippen molar-refractivity contribution in [2.45, 2.75) is 26.2 Å². The molecular weight excluding hydrogens is 270 g/mol. The van der Waals surface area contributed by atoms with Gasteiger partial charge in [0.25, 0.3) is 5.91 Å². The lowest BCUT2D eigenvalue weighted by Crippen LogP contribution is -2.37. The Morgan fingerprint density at radius 3 is 2.48 bits per heavy atom. The summed E-state index contributed by atoms with van der Waals surface area (Å²) in [6, 6.07) is 6.88. The maximum absolute atomic E-state index is 12.4. The summed E-state index contributed by atoms with van der Waals surface area (Å²) in [5.74, 6) is -0.0286. The van der Waals surface area contributed by atoms with E-state index < -0.39 is 5.97 Å². The SMILES string of the molecule is CCCOc1ccc(C(=O)N(CC(=O)O)CC2CC2)cc1. The van der Waals surface area contributed by atoms with Crippen LogP contribution < -0.4 is 4.74 Å². The van der Waals surface area contributed by atoms with E-state index in [1.807, 2.05) is 6.92 Å². The van der Waals surface area contributed by atoms with Crippen LogP contribution in [0.15, 0.2) is 24.3 Å². The van der Waals surface area contributed by atoms with Crippen LogP contribution in [0.2, 0.25) is 0 Å². The second-order valence-electron chi connectivity index (χ2n) is 5.40. The first-order valence-electron chi connectivity index (χ1n) is 7.34. The van der Waals surface area contributed by atoms with Crippen LogP contribution >= 0.6 is 0 Å². The maximum Gasteiger partial charge on any atom is 0.323 e. The standard InChI is InChI=1S/C16H21NO4/c1-2-9-21-14-7-5-13(6-8-14)16(20)17(11-15(18)19)10-12-3-4-12/h5-8,12H,2-4,9-11H2,1H3,(H,18,19). The summed E-state index contributed by atoms with van der Waals surface area (Å²) >= 11 is 0. The Labute approximate surface area is 124 Å². The third-order valence-electron chi connectivity index (χ3n) is 3.36. The van der Waals surface area contributed by atoms with Gasteiger partial charge < -0.3 is 14.7 Å². The zero-order valence-corrected chi connectivity index (χ0v) is 12.2. The molecule has 0 heterocycles. The predicted octanol–water partition coefficient (Wildman–Crippen LogP) is 2.41. The summed E-state index contributed by atoms with van der Waals surface area (Å²) < 4.78 is 5.47. The lowest BCUT2D eigenvalue weighted by atomic mass is 10.2. The minimum Gasteiger partial charge on any atom is -0.494 e. The monoisotopic (exact) mass is 291 g/mol. The summed E-state index contributed by atoms with van der Waals surface area (Å²) in [5.41, 5.74) is 0.501. The van der Waals surface area contributed by atoms with Gasteiger partial charge in [-0.2, -0.15) is 0 Å². The third kappa shape index (κ3) is 4.77. The average molecular weight is 291 g/mol. The van der Waals surface area contributed by atoms with Crippen molar-refractivity contribution in [2.75, 3.05) is 19.7 Å². The minimum absolute atomic E-state index is 0.230. The molecule has 5 heteroatoms. The van der Waals surface area contributed by atoms with E-state index in [-0.39, 0.29) is 12.5 Å². The molecule has 1 amide bonds. The molecule has 1 aliphatic carbocycles. The van der Waals surface area contributed by atoms with Crippen LogP contribution in [0.3, 0.4) is 0 Å². The van der Waals surface area contributed by atoms with Crippen molar-refractivity contribution in [2.24, 2.45) is 5.92 Å². The van der Waals surface area contributed by atoms with E-state index in [0.717, 1.165) is 25.0 Å². The van der Waals surface area contributed by atoms with Gasteiger partial charge in [0.15, 0.2) is 0 Å². The Balaban J connectivity index is 2.02. The number of carbonyl (C=O) groups is 2. The van der Waals surface area contributed by atoms with Gasteiger partial charge in [-0.15, -0.1) is 0 Å². The number of carboxylic acid groups (broad SMARTS) is 1. The van der Waals surface area contributed by atoms with Crippen LogP contribution in [-0.4, -0.2) is 41.6 Å². The van der Waals surface area contributed by atoms with E-state index in [1.54, 1.807) is 24.3 Å². The molecule has 0 bridgehead atoms. The van der Waals surface area contributed by atoms with E-state index in [0.29, 0.717) is 24.6 Å². The molecule has 0 radical (unpaired) electrons. The van der Waals surface area contributed by atoms with E-state index >= 15 is 0 Å². The number of hydrogen-bond acceptors (Lipinski definition) is 3. The van der Waals surface area contributed by atoms with Crippen LogP contribution in [0.4, 0.5) is 0 Å². The first-order chi connectivity index (χ1) is 10.1. The quantitative estimate of drug-likeness (QED) is 0.798. The molecule has 0 atom stereocenters. The van der Waals surface area contributed by atoms with Gasteiger partial charge in [0.2, 0.25) is 0 Å². The third-order valence-corrected chi connectivity index (χ3v) is 3.36. The average Bonchev–Trinajstić information content (AvgIpc) is 3.28. The molecule has 2 rings (SSSR count). The van der Waals surface area contributed by atoms with Crippen molar-refractivity contribution >= 4 is 11.9 Å². The van der Waals surface area contributed by atoms with Gasteiger partial charge in [0.1, 0.15) is 12.3 Å². The molecular formula is C16H21NO4. The Morgan fingerprint density at radius 2 is 1.95 bits per heavy atom. The van der Waals surface area contributed by atoms with Gasteiger partial charge in [0, 0.05) is 12.1 Å². The molecule has 21 heavy (non-hydrogen) atoms. The Kier molecular flexibility index (Phi) is 5.20. The Hall–Kier alpha value is -2.04. The van der Waals surface area contributed by atoms with Crippen LogP contribution in [0.1, 0.15) is 36.5 Å². The van der Waals surface area contributed by atoms with E-state index in [1.165, 1.54) is 4.90 Å². The largest absolute Gasteiger partial charge is 0.494 e. The molecule has 1 saturated carbocycles. The van der Waals surface area contributed by atoms with Crippen LogP contribution in [0, 0.1) is 5.92 Å². The van der Waals surface area contributed by atoms with Crippen molar-refractivity contribution in [3.05, 3.63) is 29.8 Å². The number of carboxylic acids is 1. The molecule has 0 unspecified atom stereocenters. The number of aliphatic carboxylic acids is 1. The van der Waals surface area contributed by atoms with Crippen molar-refractivity contribution in [1.82, 2.24) is 4.90 Å². The summed E-state index contributed by atoms with van der Waals surface area (Å²) in [6.45, 7) is 2.95. The summed E-state index contributed by atoms with van der Waals surface area (Å²) in [6.07, 6.45) is 3.08. The van der Waals surface area contributed by atoms with E-state index in [9.17, 15) is 9.59 Å². The molecule has 1 N–H and O–H groups in total. The van der Waals surface area contributed by atoms with Crippen LogP contribution in [0.25, 0.3) is 0 Å². The fourth-order valence-electron chi connectivity index (χ4n) is 2.09. The highest BCUT2D eigenvalue weighted by molar-refractivity contribution is 5.96. The Bertz CT molecular complexity index is 494. The van der Waals surface area contributed by atoms with Crippen molar-refractivity contribution in [3.8, 4) is 5.75 Å². The fourth-order valence-corrected chi connectivity index (χ4v) is 2.09. The molecule has 1 aliphatic rings. The van der Waals surface area contributed by atoms with E-state index in [4.69, 9.17) is 9.84 Å². The number of amides is 1. The number of benzene rings is 1. The lowest BCUT2D eigenvalue weighted by Gasteiger charge is -2.20. The molecule has 5 nitrogen and oxygen atoms in total. The van der Waals surface area contributed by atoms with Gasteiger partial charge in [-0.25, -0.2) is 0 Å². The fraction of sp³-hybridized carbons (Fsp3) is 0.500. The second-order valence-corrected chi connectivity index (χ2v) is 5.40. The maximum atomic E-state index is 12.4. The number of hydrogen-bond donors (Lipinski definition) is 1. The molecule has 0 aliphatic heterocycles. The zero-order chi connectivity index (χ0) is 15.2. The van der Waals surface area contributed by atoms with Crippen molar-refractivity contribution in [3.63, 3.8) is 0 Å². The van der Waals surface area contributed by atoms with Crippen LogP contribution in [0.5, 0.6) is 5.75 Å². The molecule has 114 valence electrons. The smallest absolute Gasteiger partial charge is 0.323 e. The lowest BCUT2D eigenvalue weighted by molar-refractivity contribution is -0.137. The summed E-state index contributed by atoms with van der Waals surface area (Å²) in [4.78, 5) is 24.7. The predicted molar refractivity (Wildman–Crippen MR) is 78.5 cm³/mol. The highest BCUT2D eigenvalue weighted by atomic mass is 16.5. The number of ether oxygens (including phenoxy) is 1. The van der Waals surface area contributed by atoms with Gasteiger partial charge in [-0.05, 0) is 49.4 Å². The zero-order valence-electron chi connectivity index (χ0n) is 12.2. The van der Waals surface area contributed by atoms with E-state index in [2.05, 4.69) is 0 Å². The highest BCUT2D eigenvalue weighted by Gasteiger charge is 2.28. The number of carbonyl (C=O) groups excluding carboxylic acids is 1. The summed E-state index contributed by atoms with van der Waals surface area (Å²) in [5, 5.41) is 8.94. The normalized spacial score (nSPS) is 13.8. The second kappa shape index (κ2) is 7.11. The van der Waals surface area contributed by atoms with Gasteiger partial charge in [-0.3, -0.25) is 9.59 Å². The first kappa shape index (κ1) is 15.4. The minimum atomic E-state index is -0.980. The molecule has 1 aromatic carbocycles. The summed E-state index contributed by atoms with van der Waals surface area (Å²) in [7, 11) is 0. The van der Waals surface area contributed by atoms with Gasteiger partial charge in [-0.1, -0.05) is 6.92 Å². The number of rotatable bonds is 8. The Morgan fingerprint density at radius 1 is 1.29 bits per heavy atom. The van der Waals surface area contributed by atoms with Crippen LogP contribution in [-0.2, 0) is 4.79 Å². The molecule has 0 saturated heterocycles. The highest BCUT2D eigenvalue weighted by Crippen LogP contribution is 2.30. The molecule has 1 fully saturated rings. The topological polar surface area (TPSA) is 66.8 Å². The molecule has 0 spiro atoms. The van der Waals surface area contributed by atoms with Crippen molar-refractivity contribution < 1.29 is 19.4 Å². The van der Waals surface area contributed by atoms with Crippen molar-refractivity contribution in [1.29, 1.82) is 0 Å².